The van der Waals surface area contributed by atoms with Gasteiger partial charge in [0, 0.05) is 5.56 Å². The molecule has 0 saturated carbocycles. The van der Waals surface area contributed by atoms with Crippen molar-refractivity contribution >= 4 is 21.6 Å². The molecule has 2 heterocycles. The second kappa shape index (κ2) is 5.37. The molecule has 0 spiro atoms. The molecule has 3 nitrogen and oxygen atoms in total. The molecule has 0 bridgehead atoms. The first-order valence-electron chi connectivity index (χ1n) is 6.73. The maximum absolute atomic E-state index is 4.58. The highest BCUT2D eigenvalue weighted by molar-refractivity contribution is 9.10. The number of halogens is 1. The summed E-state index contributed by atoms with van der Waals surface area (Å²) < 4.78 is 2.59. The van der Waals surface area contributed by atoms with Crippen molar-refractivity contribution in [2.24, 2.45) is 5.92 Å². The predicted octanol–water partition coefficient (Wildman–Crippen LogP) is 4.36. The van der Waals surface area contributed by atoms with Crippen molar-refractivity contribution in [3.05, 3.63) is 52.8 Å². The molecule has 0 radical (unpaired) electrons. The van der Waals surface area contributed by atoms with Crippen molar-refractivity contribution in [3.63, 3.8) is 0 Å². The molecule has 0 fully saturated rings. The van der Waals surface area contributed by atoms with Crippen LogP contribution in [-0.2, 0) is 6.42 Å². The summed E-state index contributed by atoms with van der Waals surface area (Å²) in [5, 5.41) is 4.58. The zero-order valence-electron chi connectivity index (χ0n) is 11.5. The van der Waals surface area contributed by atoms with Gasteiger partial charge in [0.2, 0.25) is 0 Å². The average Bonchev–Trinajstić information content (AvgIpc) is 2.78. The Morgan fingerprint density at radius 2 is 1.85 bits per heavy atom. The van der Waals surface area contributed by atoms with E-state index in [0.29, 0.717) is 5.92 Å². The van der Waals surface area contributed by atoms with E-state index in [1.807, 2.05) is 18.3 Å². The lowest BCUT2D eigenvalue weighted by atomic mass is 10.0. The van der Waals surface area contributed by atoms with Crippen LogP contribution < -0.4 is 0 Å². The molecule has 3 aromatic rings. The number of hydrogen-bond acceptors (Lipinski definition) is 2. The summed E-state index contributed by atoms with van der Waals surface area (Å²) in [6.45, 7) is 4.47. The van der Waals surface area contributed by atoms with Gasteiger partial charge >= 0.3 is 0 Å². The van der Waals surface area contributed by atoms with Crippen LogP contribution in [0.5, 0.6) is 0 Å². The molecule has 0 unspecified atom stereocenters. The Morgan fingerprint density at radius 1 is 1.10 bits per heavy atom. The minimum atomic E-state index is 0.679. The Balaban J connectivity index is 1.93. The van der Waals surface area contributed by atoms with Crippen molar-refractivity contribution in [1.29, 1.82) is 0 Å². The Hall–Kier alpha value is -1.68. The van der Waals surface area contributed by atoms with Crippen LogP contribution in [0.25, 0.3) is 16.9 Å². The molecular weight excluding hydrogens is 314 g/mol. The summed E-state index contributed by atoms with van der Waals surface area (Å²) in [5.41, 5.74) is 4.30. The average molecular weight is 330 g/mol. The standard InChI is InChI=1S/C16H16BrN3/c1-11(2)9-12-3-5-13(6-4-12)14-7-8-16-18-15(17)10-20(16)19-14/h3-8,10-11H,9H2,1-2H3. The zero-order valence-corrected chi connectivity index (χ0v) is 13.1. The molecule has 0 aliphatic rings. The molecule has 1 aromatic carbocycles. The van der Waals surface area contributed by atoms with Gasteiger partial charge in [-0.1, -0.05) is 38.1 Å². The monoisotopic (exact) mass is 329 g/mol. The first kappa shape index (κ1) is 13.3. The van der Waals surface area contributed by atoms with E-state index < -0.39 is 0 Å². The third kappa shape index (κ3) is 2.75. The van der Waals surface area contributed by atoms with Gasteiger partial charge in [0.15, 0.2) is 5.65 Å². The molecular formula is C16H16BrN3. The summed E-state index contributed by atoms with van der Waals surface area (Å²) in [6.07, 6.45) is 2.98. The molecule has 2 aromatic heterocycles. The lowest BCUT2D eigenvalue weighted by Crippen LogP contribution is -1.95. The molecule has 0 atom stereocenters. The second-order valence-corrected chi connectivity index (χ2v) is 6.19. The Bertz CT molecular complexity index is 729. The summed E-state index contributed by atoms with van der Waals surface area (Å²) in [7, 11) is 0. The van der Waals surface area contributed by atoms with Gasteiger partial charge in [-0.05, 0) is 46.0 Å². The SMILES string of the molecule is CC(C)Cc1ccc(-c2ccc3nc(Br)cn3n2)cc1. The second-order valence-electron chi connectivity index (χ2n) is 5.38. The van der Waals surface area contributed by atoms with Crippen LogP contribution in [-0.4, -0.2) is 14.6 Å². The molecule has 0 aliphatic heterocycles. The van der Waals surface area contributed by atoms with E-state index in [9.17, 15) is 0 Å². The highest BCUT2D eigenvalue weighted by Crippen LogP contribution is 2.20. The van der Waals surface area contributed by atoms with Crippen molar-refractivity contribution < 1.29 is 0 Å². The van der Waals surface area contributed by atoms with E-state index in [1.54, 1.807) is 4.52 Å². The number of fused-ring (bicyclic) bond motifs is 1. The Labute approximate surface area is 126 Å². The van der Waals surface area contributed by atoms with Gasteiger partial charge in [-0.25, -0.2) is 9.50 Å². The van der Waals surface area contributed by atoms with Crippen molar-refractivity contribution in [2.45, 2.75) is 20.3 Å². The molecule has 0 aliphatic carbocycles. The molecule has 3 rings (SSSR count). The van der Waals surface area contributed by atoms with Gasteiger partial charge < -0.3 is 0 Å². The predicted molar refractivity (Wildman–Crippen MR) is 84.7 cm³/mol. The maximum Gasteiger partial charge on any atom is 0.154 e. The van der Waals surface area contributed by atoms with Crippen LogP contribution in [0.2, 0.25) is 0 Å². The van der Waals surface area contributed by atoms with Crippen molar-refractivity contribution in [1.82, 2.24) is 14.6 Å². The van der Waals surface area contributed by atoms with Gasteiger partial charge in [-0.15, -0.1) is 0 Å². The Kier molecular flexibility index (Phi) is 3.57. The highest BCUT2D eigenvalue weighted by atomic mass is 79.9. The fourth-order valence-corrected chi connectivity index (χ4v) is 2.67. The number of nitrogens with zero attached hydrogens (tertiary/aromatic N) is 3. The smallest absolute Gasteiger partial charge is 0.154 e. The number of hydrogen-bond donors (Lipinski definition) is 0. The number of aromatic nitrogens is 3. The third-order valence-corrected chi connectivity index (χ3v) is 3.57. The highest BCUT2D eigenvalue weighted by Gasteiger charge is 2.04. The van der Waals surface area contributed by atoms with E-state index in [-0.39, 0.29) is 0 Å². The minimum absolute atomic E-state index is 0.679. The van der Waals surface area contributed by atoms with Crippen LogP contribution in [0.4, 0.5) is 0 Å². The van der Waals surface area contributed by atoms with E-state index in [2.05, 4.69) is 64.1 Å². The number of imidazole rings is 1. The van der Waals surface area contributed by atoms with E-state index in [4.69, 9.17) is 0 Å². The molecule has 0 amide bonds. The fourth-order valence-electron chi connectivity index (χ4n) is 2.29. The lowest BCUT2D eigenvalue weighted by molar-refractivity contribution is 0.647. The van der Waals surface area contributed by atoms with Gasteiger partial charge in [0.1, 0.15) is 4.60 Å². The van der Waals surface area contributed by atoms with Crippen LogP contribution in [0, 0.1) is 5.92 Å². The summed E-state index contributed by atoms with van der Waals surface area (Å²) in [6, 6.07) is 12.6. The summed E-state index contributed by atoms with van der Waals surface area (Å²) in [4.78, 5) is 4.31. The first-order valence-corrected chi connectivity index (χ1v) is 7.52. The van der Waals surface area contributed by atoms with Crippen LogP contribution in [0.15, 0.2) is 47.2 Å². The van der Waals surface area contributed by atoms with Gasteiger partial charge in [-0.2, -0.15) is 5.10 Å². The summed E-state index contributed by atoms with van der Waals surface area (Å²) >= 11 is 3.37. The molecule has 0 saturated heterocycles. The van der Waals surface area contributed by atoms with Gasteiger partial charge in [0.05, 0.1) is 11.9 Å². The lowest BCUT2D eigenvalue weighted by Gasteiger charge is -2.06. The van der Waals surface area contributed by atoms with Gasteiger partial charge in [-0.3, -0.25) is 0 Å². The normalized spacial score (nSPS) is 11.4. The summed E-state index contributed by atoms with van der Waals surface area (Å²) in [5.74, 6) is 0.679. The quantitative estimate of drug-likeness (QED) is 0.714. The first-order chi connectivity index (χ1) is 9.61. The Morgan fingerprint density at radius 3 is 2.55 bits per heavy atom. The minimum Gasteiger partial charge on any atom is -0.220 e. The number of benzene rings is 1. The molecule has 0 N–H and O–H groups in total. The molecule has 4 heteroatoms. The van der Waals surface area contributed by atoms with E-state index >= 15 is 0 Å². The molecule has 102 valence electrons. The number of rotatable bonds is 3. The molecule has 20 heavy (non-hydrogen) atoms. The zero-order chi connectivity index (χ0) is 14.1. The fraction of sp³-hybridized carbons (Fsp3) is 0.250. The van der Waals surface area contributed by atoms with Crippen LogP contribution in [0.1, 0.15) is 19.4 Å². The third-order valence-electron chi connectivity index (χ3n) is 3.18. The largest absolute Gasteiger partial charge is 0.220 e. The van der Waals surface area contributed by atoms with Crippen molar-refractivity contribution in [2.75, 3.05) is 0 Å². The van der Waals surface area contributed by atoms with Crippen molar-refractivity contribution in [3.8, 4) is 11.3 Å². The van der Waals surface area contributed by atoms with E-state index in [0.717, 1.165) is 27.9 Å². The van der Waals surface area contributed by atoms with Crippen LogP contribution >= 0.6 is 15.9 Å². The van der Waals surface area contributed by atoms with Crippen LogP contribution in [0.3, 0.4) is 0 Å². The topological polar surface area (TPSA) is 30.2 Å². The maximum atomic E-state index is 4.58. The van der Waals surface area contributed by atoms with Gasteiger partial charge in [0.25, 0.3) is 0 Å². The van der Waals surface area contributed by atoms with E-state index in [1.165, 1.54) is 5.56 Å².